The van der Waals surface area contributed by atoms with Gasteiger partial charge in [0.05, 0.1) is 18.1 Å². The van der Waals surface area contributed by atoms with E-state index < -0.39 is 18.1 Å². The summed E-state index contributed by atoms with van der Waals surface area (Å²) in [5.74, 6) is -2.59. The van der Waals surface area contributed by atoms with E-state index in [0.717, 1.165) is 37.4 Å². The quantitative estimate of drug-likeness (QED) is 0.457. The number of primary amides is 1. The Morgan fingerprint density at radius 3 is 2.00 bits per heavy atom. The monoisotopic (exact) mass is 530 g/mol. The van der Waals surface area contributed by atoms with E-state index >= 15 is 0 Å². The molecule has 2 aromatic carbocycles. The second kappa shape index (κ2) is 12.1. The van der Waals surface area contributed by atoms with Gasteiger partial charge in [-0.15, -0.1) is 0 Å². The zero-order chi connectivity index (χ0) is 27.9. The second-order valence-corrected chi connectivity index (χ2v) is 8.33. The number of amides is 2. The molecule has 1 aromatic heterocycles. The van der Waals surface area contributed by atoms with Gasteiger partial charge in [-0.1, -0.05) is 12.1 Å². The molecule has 2 amide bonds. The van der Waals surface area contributed by atoms with Gasteiger partial charge in [-0.25, -0.2) is 9.78 Å². The van der Waals surface area contributed by atoms with Crippen molar-refractivity contribution in [1.29, 1.82) is 0 Å². The van der Waals surface area contributed by atoms with E-state index in [-0.39, 0.29) is 5.91 Å². The molecular weight excluding hydrogens is 505 g/mol. The van der Waals surface area contributed by atoms with Crippen molar-refractivity contribution in [2.45, 2.75) is 6.18 Å². The predicted molar refractivity (Wildman–Crippen MR) is 133 cm³/mol. The SMILES string of the molecule is CN1CCN(C(=O)c2ccc(Nc3cncc(-c4ccc(C(N)=O)cc4)n3)cc2)CC1.O=C(O)C(F)(F)F. The summed E-state index contributed by atoms with van der Waals surface area (Å²) < 4.78 is 31.7. The molecule has 4 rings (SSSR count). The van der Waals surface area contributed by atoms with Gasteiger partial charge >= 0.3 is 12.1 Å². The number of rotatable bonds is 5. The Morgan fingerprint density at radius 2 is 1.47 bits per heavy atom. The second-order valence-electron chi connectivity index (χ2n) is 8.33. The van der Waals surface area contributed by atoms with Crippen molar-refractivity contribution in [2.24, 2.45) is 5.73 Å². The van der Waals surface area contributed by atoms with Crippen LogP contribution in [0, 0.1) is 0 Å². The molecule has 1 fully saturated rings. The van der Waals surface area contributed by atoms with Crippen LogP contribution >= 0.6 is 0 Å². The highest BCUT2D eigenvalue weighted by Gasteiger charge is 2.38. The zero-order valence-electron chi connectivity index (χ0n) is 20.3. The molecule has 0 aliphatic carbocycles. The third-order valence-corrected chi connectivity index (χ3v) is 5.54. The number of aromatic nitrogens is 2. The highest BCUT2D eigenvalue weighted by molar-refractivity contribution is 5.95. The molecular formula is C25H25F3N6O4. The first-order valence-corrected chi connectivity index (χ1v) is 11.3. The van der Waals surface area contributed by atoms with Crippen molar-refractivity contribution < 1.29 is 32.7 Å². The van der Waals surface area contributed by atoms with Crippen LogP contribution < -0.4 is 11.1 Å². The molecule has 3 aromatic rings. The molecule has 1 saturated heterocycles. The number of anilines is 2. The molecule has 0 atom stereocenters. The first-order chi connectivity index (χ1) is 17.9. The van der Waals surface area contributed by atoms with Gasteiger partial charge in [0.25, 0.3) is 5.91 Å². The fourth-order valence-corrected chi connectivity index (χ4v) is 3.41. The molecule has 0 spiro atoms. The number of halogens is 3. The Morgan fingerprint density at radius 1 is 0.921 bits per heavy atom. The van der Waals surface area contributed by atoms with Gasteiger partial charge in [0, 0.05) is 48.6 Å². The van der Waals surface area contributed by atoms with Crippen molar-refractivity contribution in [3.05, 3.63) is 72.1 Å². The lowest BCUT2D eigenvalue weighted by Gasteiger charge is -2.32. The van der Waals surface area contributed by atoms with Crippen LogP contribution in [-0.2, 0) is 4.79 Å². The normalized spacial score (nSPS) is 13.7. The Kier molecular flexibility index (Phi) is 8.97. The largest absolute Gasteiger partial charge is 0.490 e. The van der Waals surface area contributed by atoms with E-state index in [1.165, 1.54) is 0 Å². The van der Waals surface area contributed by atoms with E-state index in [1.807, 2.05) is 29.2 Å². The lowest BCUT2D eigenvalue weighted by atomic mass is 10.1. The summed E-state index contributed by atoms with van der Waals surface area (Å²) in [6.45, 7) is 3.29. The Labute approximate surface area is 215 Å². The molecule has 2 heterocycles. The van der Waals surface area contributed by atoms with E-state index in [4.69, 9.17) is 15.6 Å². The molecule has 0 bridgehead atoms. The maximum Gasteiger partial charge on any atom is 0.490 e. The minimum Gasteiger partial charge on any atom is -0.475 e. The minimum absolute atomic E-state index is 0.0563. The van der Waals surface area contributed by atoms with Gasteiger partial charge in [-0.2, -0.15) is 13.2 Å². The van der Waals surface area contributed by atoms with Gasteiger partial charge < -0.3 is 26.0 Å². The fourth-order valence-electron chi connectivity index (χ4n) is 3.41. The molecule has 0 unspecified atom stereocenters. The number of likely N-dealkylation sites (N-methyl/N-ethyl adjacent to an activating group) is 1. The Balaban J connectivity index is 0.000000505. The molecule has 200 valence electrons. The standard InChI is InChI=1S/C23H24N6O2.C2HF3O2/c1-28-10-12-29(13-11-28)23(31)18-6-8-19(9-7-18)26-21-15-25-14-20(27-21)16-2-4-17(5-3-16)22(24)30;3-2(4,5)1(6)7/h2-9,14-15H,10-13H2,1H3,(H2,24,30)(H,26,27);(H,6,7). The van der Waals surface area contributed by atoms with Crippen LogP contribution in [0.3, 0.4) is 0 Å². The number of nitrogens with zero attached hydrogens (tertiary/aromatic N) is 4. The molecule has 0 saturated carbocycles. The van der Waals surface area contributed by atoms with Gasteiger partial charge in [0.1, 0.15) is 5.82 Å². The number of carboxylic acids is 1. The number of carbonyl (C=O) groups excluding carboxylic acids is 2. The van der Waals surface area contributed by atoms with Gasteiger partial charge in [0.2, 0.25) is 5.91 Å². The fraction of sp³-hybridized carbons (Fsp3) is 0.240. The maximum atomic E-state index is 12.7. The summed E-state index contributed by atoms with van der Waals surface area (Å²) in [6, 6.07) is 14.3. The smallest absolute Gasteiger partial charge is 0.475 e. The number of carbonyl (C=O) groups is 3. The molecule has 1 aliphatic heterocycles. The highest BCUT2D eigenvalue weighted by Crippen LogP contribution is 2.21. The summed E-state index contributed by atoms with van der Waals surface area (Å²) in [4.78, 5) is 45.7. The first kappa shape index (κ1) is 28.1. The third kappa shape index (κ3) is 7.74. The first-order valence-electron chi connectivity index (χ1n) is 11.3. The number of aliphatic carboxylic acids is 1. The van der Waals surface area contributed by atoms with Gasteiger partial charge in [0.15, 0.2) is 0 Å². The summed E-state index contributed by atoms with van der Waals surface area (Å²) in [7, 11) is 2.07. The van der Waals surface area contributed by atoms with E-state index in [9.17, 15) is 22.8 Å². The summed E-state index contributed by atoms with van der Waals surface area (Å²) in [5, 5.41) is 10.3. The molecule has 0 radical (unpaired) electrons. The number of carboxylic acid groups (broad SMARTS) is 1. The minimum atomic E-state index is -5.08. The number of piperazine rings is 1. The molecule has 10 nitrogen and oxygen atoms in total. The molecule has 4 N–H and O–H groups in total. The van der Waals surface area contributed by atoms with Crippen molar-refractivity contribution in [3.63, 3.8) is 0 Å². The number of hydrogen-bond acceptors (Lipinski definition) is 7. The van der Waals surface area contributed by atoms with Crippen molar-refractivity contribution in [3.8, 4) is 11.3 Å². The third-order valence-electron chi connectivity index (χ3n) is 5.54. The van der Waals surface area contributed by atoms with Crippen molar-refractivity contribution >= 4 is 29.3 Å². The number of nitrogens with two attached hydrogens (primary N) is 1. The van der Waals surface area contributed by atoms with Crippen LogP contribution in [0.4, 0.5) is 24.7 Å². The Hall–Kier alpha value is -4.52. The van der Waals surface area contributed by atoms with E-state index in [2.05, 4.69) is 27.2 Å². The predicted octanol–water partition coefficient (Wildman–Crippen LogP) is 3.01. The van der Waals surface area contributed by atoms with Crippen molar-refractivity contribution in [2.75, 3.05) is 38.5 Å². The molecule has 1 aliphatic rings. The number of alkyl halides is 3. The van der Waals surface area contributed by atoms with Crippen LogP contribution in [0.1, 0.15) is 20.7 Å². The average Bonchev–Trinajstić information content (AvgIpc) is 2.89. The lowest BCUT2D eigenvalue weighted by molar-refractivity contribution is -0.192. The molecule has 13 heteroatoms. The van der Waals surface area contributed by atoms with Gasteiger partial charge in [-0.05, 0) is 43.4 Å². The number of nitrogens with one attached hydrogen (secondary N) is 1. The number of benzene rings is 2. The van der Waals surface area contributed by atoms with Crippen LogP contribution in [0.25, 0.3) is 11.3 Å². The van der Waals surface area contributed by atoms with E-state index in [0.29, 0.717) is 22.6 Å². The maximum absolute atomic E-state index is 12.7. The Bertz CT molecular complexity index is 1280. The van der Waals surface area contributed by atoms with Gasteiger partial charge in [-0.3, -0.25) is 14.6 Å². The summed E-state index contributed by atoms with van der Waals surface area (Å²) in [6.07, 6.45) is -1.80. The average molecular weight is 531 g/mol. The topological polar surface area (TPSA) is 142 Å². The van der Waals surface area contributed by atoms with Crippen LogP contribution in [0.5, 0.6) is 0 Å². The number of hydrogen-bond donors (Lipinski definition) is 3. The zero-order valence-corrected chi connectivity index (χ0v) is 20.3. The highest BCUT2D eigenvalue weighted by atomic mass is 19.4. The summed E-state index contributed by atoms with van der Waals surface area (Å²) >= 11 is 0. The summed E-state index contributed by atoms with van der Waals surface area (Å²) in [5.41, 5.74) is 8.71. The van der Waals surface area contributed by atoms with Crippen molar-refractivity contribution in [1.82, 2.24) is 19.8 Å². The van der Waals surface area contributed by atoms with E-state index in [1.54, 1.807) is 36.7 Å². The molecule has 38 heavy (non-hydrogen) atoms. The van der Waals surface area contributed by atoms with Crippen LogP contribution in [-0.4, -0.2) is 82.1 Å². The lowest BCUT2D eigenvalue weighted by Crippen LogP contribution is -2.47. The van der Waals surface area contributed by atoms with Crippen LogP contribution in [0.2, 0.25) is 0 Å². The van der Waals surface area contributed by atoms with Crippen LogP contribution in [0.15, 0.2) is 60.9 Å².